The van der Waals surface area contributed by atoms with E-state index in [0.717, 1.165) is 54.9 Å². The van der Waals surface area contributed by atoms with Gasteiger partial charge in [0.25, 0.3) is 0 Å². The molecule has 2 aromatic rings. The Kier molecular flexibility index (Phi) is 4.78. The number of aryl methyl sites for hydroxylation is 1. The molecule has 0 bridgehead atoms. The molecule has 0 amide bonds. The predicted octanol–water partition coefficient (Wildman–Crippen LogP) is 2.88. The summed E-state index contributed by atoms with van der Waals surface area (Å²) >= 11 is 7.19. The number of aromatic nitrogens is 1. The molecule has 0 atom stereocenters. The summed E-state index contributed by atoms with van der Waals surface area (Å²) in [6, 6.07) is 6.59. The highest BCUT2D eigenvalue weighted by Crippen LogP contribution is 2.30. The summed E-state index contributed by atoms with van der Waals surface area (Å²) in [5.41, 5.74) is 2.49. The Morgan fingerprint density at radius 2 is 2.05 bits per heavy atom. The Morgan fingerprint density at radius 3 is 2.73 bits per heavy atom. The molecule has 3 rings (SSSR count). The average Bonchev–Trinajstić information content (AvgIpc) is 2.98. The number of nitrogens with one attached hydrogen (secondary N) is 1. The van der Waals surface area contributed by atoms with E-state index in [9.17, 15) is 0 Å². The Hall–Kier alpha value is -1.40. The Labute approximate surface area is 141 Å². The number of hydrogen-bond acceptors (Lipinski definition) is 4. The molecule has 0 unspecified atom stereocenters. The smallest absolute Gasteiger partial charge is 0.186 e. The number of benzene rings is 1. The first kappa shape index (κ1) is 15.5. The summed E-state index contributed by atoms with van der Waals surface area (Å²) in [5.74, 6) is 0. The molecule has 1 fully saturated rings. The Balaban J connectivity index is 1.69. The first-order chi connectivity index (χ1) is 10.7. The third-order valence-electron chi connectivity index (χ3n) is 4.02. The maximum Gasteiger partial charge on any atom is 0.186 e. The fourth-order valence-corrected chi connectivity index (χ4v) is 4.08. The first-order valence-electron chi connectivity index (χ1n) is 7.88. The standard InChI is InChI=1S/C16H22N4S2/c1-3-12-5-6-13-14(11-12)22-16(18-13)20-9-7-19(8-10-20)15(21)17-4-2/h5-6,11H,3-4,7-10H2,1-2H3,(H,17,21). The number of anilines is 1. The van der Waals surface area contributed by atoms with E-state index in [1.54, 1.807) is 11.3 Å². The van der Waals surface area contributed by atoms with Crippen molar-refractivity contribution < 1.29 is 0 Å². The van der Waals surface area contributed by atoms with Crippen LogP contribution in [0.25, 0.3) is 10.2 Å². The third-order valence-corrected chi connectivity index (χ3v) is 5.50. The zero-order valence-corrected chi connectivity index (χ0v) is 14.8. The van der Waals surface area contributed by atoms with E-state index in [2.05, 4.69) is 47.2 Å². The zero-order chi connectivity index (χ0) is 15.5. The van der Waals surface area contributed by atoms with Crippen molar-refractivity contribution in [3.63, 3.8) is 0 Å². The topological polar surface area (TPSA) is 31.4 Å². The molecule has 0 aliphatic carbocycles. The average molecular weight is 335 g/mol. The fourth-order valence-electron chi connectivity index (χ4n) is 2.68. The van der Waals surface area contributed by atoms with E-state index in [1.165, 1.54) is 10.3 Å². The zero-order valence-electron chi connectivity index (χ0n) is 13.1. The number of hydrogen-bond donors (Lipinski definition) is 1. The summed E-state index contributed by atoms with van der Waals surface area (Å²) in [4.78, 5) is 9.42. The molecule has 6 heteroatoms. The monoisotopic (exact) mass is 334 g/mol. The second-order valence-corrected chi connectivity index (χ2v) is 6.86. The molecule has 0 radical (unpaired) electrons. The molecule has 1 aromatic carbocycles. The molecule has 4 nitrogen and oxygen atoms in total. The van der Waals surface area contributed by atoms with Crippen LogP contribution in [-0.2, 0) is 6.42 Å². The summed E-state index contributed by atoms with van der Waals surface area (Å²) in [6.45, 7) is 9.03. The molecule has 1 aliphatic rings. The molecule has 1 aliphatic heterocycles. The van der Waals surface area contributed by atoms with Crippen LogP contribution in [0, 0.1) is 0 Å². The molecular weight excluding hydrogens is 312 g/mol. The number of fused-ring (bicyclic) bond motifs is 1. The largest absolute Gasteiger partial charge is 0.363 e. The maximum atomic E-state index is 5.39. The predicted molar refractivity (Wildman–Crippen MR) is 99.1 cm³/mol. The Bertz CT molecular complexity index is 659. The van der Waals surface area contributed by atoms with E-state index in [1.807, 2.05) is 0 Å². The molecule has 1 saturated heterocycles. The van der Waals surface area contributed by atoms with Crippen LogP contribution in [0.1, 0.15) is 19.4 Å². The lowest BCUT2D eigenvalue weighted by Gasteiger charge is -2.35. The van der Waals surface area contributed by atoms with Crippen molar-refractivity contribution in [2.75, 3.05) is 37.6 Å². The van der Waals surface area contributed by atoms with E-state index < -0.39 is 0 Å². The molecule has 118 valence electrons. The van der Waals surface area contributed by atoms with Crippen LogP contribution in [0.4, 0.5) is 5.13 Å². The van der Waals surface area contributed by atoms with Crippen molar-refractivity contribution in [1.29, 1.82) is 0 Å². The fraction of sp³-hybridized carbons (Fsp3) is 0.500. The SMILES string of the molecule is CCNC(=S)N1CCN(c2nc3ccc(CC)cc3s2)CC1. The van der Waals surface area contributed by atoms with E-state index in [0.29, 0.717) is 0 Å². The highest BCUT2D eigenvalue weighted by molar-refractivity contribution is 7.80. The van der Waals surface area contributed by atoms with Gasteiger partial charge in [-0.25, -0.2) is 4.98 Å². The quantitative estimate of drug-likeness (QED) is 0.873. The lowest BCUT2D eigenvalue weighted by Crippen LogP contribution is -2.51. The van der Waals surface area contributed by atoms with Gasteiger partial charge in [-0.1, -0.05) is 24.3 Å². The van der Waals surface area contributed by atoms with Gasteiger partial charge < -0.3 is 15.1 Å². The van der Waals surface area contributed by atoms with E-state index >= 15 is 0 Å². The van der Waals surface area contributed by atoms with Gasteiger partial charge in [-0.3, -0.25) is 0 Å². The minimum Gasteiger partial charge on any atom is -0.363 e. The normalized spacial score (nSPS) is 15.4. The van der Waals surface area contributed by atoms with E-state index in [-0.39, 0.29) is 0 Å². The van der Waals surface area contributed by atoms with Crippen molar-refractivity contribution >= 4 is 44.0 Å². The second kappa shape index (κ2) is 6.79. The van der Waals surface area contributed by atoms with Crippen molar-refractivity contribution in [1.82, 2.24) is 15.2 Å². The lowest BCUT2D eigenvalue weighted by molar-refractivity contribution is 0.381. The van der Waals surface area contributed by atoms with Gasteiger partial charge in [0.15, 0.2) is 10.2 Å². The van der Waals surface area contributed by atoms with Crippen LogP contribution in [0.3, 0.4) is 0 Å². The Morgan fingerprint density at radius 1 is 1.27 bits per heavy atom. The summed E-state index contributed by atoms with van der Waals surface area (Å²) in [7, 11) is 0. The van der Waals surface area contributed by atoms with Crippen molar-refractivity contribution in [2.24, 2.45) is 0 Å². The van der Waals surface area contributed by atoms with Gasteiger partial charge >= 0.3 is 0 Å². The van der Waals surface area contributed by atoms with Crippen molar-refractivity contribution in [3.05, 3.63) is 23.8 Å². The van der Waals surface area contributed by atoms with Crippen LogP contribution in [0.2, 0.25) is 0 Å². The van der Waals surface area contributed by atoms with Crippen molar-refractivity contribution in [3.8, 4) is 0 Å². The summed E-state index contributed by atoms with van der Waals surface area (Å²) in [6.07, 6.45) is 1.07. The number of piperazine rings is 1. The molecule has 1 N–H and O–H groups in total. The minimum atomic E-state index is 0.874. The number of rotatable bonds is 3. The molecule has 2 heterocycles. The lowest BCUT2D eigenvalue weighted by atomic mass is 10.2. The van der Waals surface area contributed by atoms with Crippen molar-refractivity contribution in [2.45, 2.75) is 20.3 Å². The molecule has 0 spiro atoms. The number of thiazole rings is 1. The van der Waals surface area contributed by atoms with Crippen LogP contribution in [0.5, 0.6) is 0 Å². The summed E-state index contributed by atoms with van der Waals surface area (Å²) in [5, 5.41) is 5.24. The number of nitrogens with zero attached hydrogens (tertiary/aromatic N) is 3. The highest BCUT2D eigenvalue weighted by Gasteiger charge is 2.21. The number of thiocarbonyl (C=S) groups is 1. The van der Waals surface area contributed by atoms with E-state index in [4.69, 9.17) is 17.2 Å². The van der Waals surface area contributed by atoms with Gasteiger partial charge in [0, 0.05) is 32.7 Å². The summed E-state index contributed by atoms with van der Waals surface area (Å²) < 4.78 is 1.29. The maximum absolute atomic E-state index is 5.39. The van der Waals surface area contributed by atoms with Crippen LogP contribution in [-0.4, -0.2) is 47.7 Å². The third kappa shape index (κ3) is 3.17. The molecule has 1 aromatic heterocycles. The first-order valence-corrected chi connectivity index (χ1v) is 9.11. The van der Waals surface area contributed by atoms with Crippen LogP contribution < -0.4 is 10.2 Å². The molecular formula is C16H22N4S2. The molecule has 22 heavy (non-hydrogen) atoms. The van der Waals surface area contributed by atoms with Crippen LogP contribution in [0.15, 0.2) is 18.2 Å². The molecule has 0 saturated carbocycles. The highest BCUT2D eigenvalue weighted by atomic mass is 32.1. The minimum absolute atomic E-state index is 0.874. The van der Waals surface area contributed by atoms with Gasteiger partial charge in [0.1, 0.15) is 0 Å². The van der Waals surface area contributed by atoms with Gasteiger partial charge in [-0.05, 0) is 43.3 Å². The van der Waals surface area contributed by atoms with Gasteiger partial charge in [0.05, 0.1) is 10.2 Å². The van der Waals surface area contributed by atoms with Crippen LogP contribution >= 0.6 is 23.6 Å². The second-order valence-electron chi connectivity index (χ2n) is 5.46. The van der Waals surface area contributed by atoms with Gasteiger partial charge in [0.2, 0.25) is 0 Å². The van der Waals surface area contributed by atoms with Gasteiger partial charge in [-0.2, -0.15) is 0 Å². The van der Waals surface area contributed by atoms with Gasteiger partial charge in [-0.15, -0.1) is 0 Å².